The molecule has 0 aliphatic heterocycles. The van der Waals surface area contributed by atoms with E-state index >= 15 is 0 Å². The molecule has 0 unspecified atom stereocenters. The molecule has 0 heterocycles. The zero-order valence-corrected chi connectivity index (χ0v) is 11.4. The quantitative estimate of drug-likeness (QED) is 0.874. The van der Waals surface area contributed by atoms with Gasteiger partial charge in [0.25, 0.3) is 0 Å². The van der Waals surface area contributed by atoms with Crippen molar-refractivity contribution in [2.45, 2.75) is 37.9 Å². The average molecular weight is 288 g/mol. The molecule has 0 saturated heterocycles. The van der Waals surface area contributed by atoms with Crippen molar-refractivity contribution in [2.75, 3.05) is 0 Å². The molecular formula is C14H19F3N2O. The van der Waals surface area contributed by atoms with E-state index in [0.717, 1.165) is 0 Å². The van der Waals surface area contributed by atoms with Crippen LogP contribution >= 0.6 is 0 Å². The van der Waals surface area contributed by atoms with Gasteiger partial charge >= 0.3 is 6.18 Å². The lowest BCUT2D eigenvalue weighted by molar-refractivity contribution is -0.172. The van der Waals surface area contributed by atoms with Crippen molar-refractivity contribution >= 4 is 5.91 Å². The molecule has 0 bridgehead atoms. The van der Waals surface area contributed by atoms with Gasteiger partial charge in [0.2, 0.25) is 5.91 Å². The second-order valence-corrected chi connectivity index (χ2v) is 5.39. The maximum Gasteiger partial charge on any atom is 0.398 e. The van der Waals surface area contributed by atoms with Crippen LogP contribution in [0.4, 0.5) is 13.2 Å². The van der Waals surface area contributed by atoms with Gasteiger partial charge in [-0.3, -0.25) is 4.79 Å². The van der Waals surface area contributed by atoms with Gasteiger partial charge in [-0.15, -0.1) is 0 Å². The number of hydrogen-bond donors (Lipinski definition) is 2. The topological polar surface area (TPSA) is 69.1 Å². The lowest BCUT2D eigenvalue weighted by Gasteiger charge is -2.37. The number of hydrogen-bond acceptors (Lipinski definition) is 2. The van der Waals surface area contributed by atoms with Crippen LogP contribution in [-0.4, -0.2) is 17.6 Å². The van der Waals surface area contributed by atoms with Crippen molar-refractivity contribution in [3.63, 3.8) is 0 Å². The van der Waals surface area contributed by atoms with Crippen LogP contribution < -0.4 is 11.5 Å². The molecule has 3 nitrogen and oxygen atoms in total. The second-order valence-electron chi connectivity index (χ2n) is 5.39. The zero-order chi connectivity index (χ0) is 15.6. The Bertz CT molecular complexity index is 459. The Hall–Kier alpha value is -1.56. The predicted octanol–water partition coefficient (Wildman–Crippen LogP) is 2.56. The molecule has 0 radical (unpaired) electrons. The molecule has 1 rings (SSSR count). The Morgan fingerprint density at radius 3 is 2.05 bits per heavy atom. The van der Waals surface area contributed by atoms with Gasteiger partial charge < -0.3 is 11.5 Å². The summed E-state index contributed by atoms with van der Waals surface area (Å²) in [5.41, 5.74) is 8.79. The van der Waals surface area contributed by atoms with Crippen LogP contribution in [0.15, 0.2) is 30.3 Å². The maximum absolute atomic E-state index is 13.4. The van der Waals surface area contributed by atoms with Crippen LogP contribution in [0.3, 0.4) is 0 Å². The lowest BCUT2D eigenvalue weighted by Crippen LogP contribution is -2.60. The molecule has 112 valence electrons. The summed E-state index contributed by atoms with van der Waals surface area (Å²) < 4.78 is 40.3. The van der Waals surface area contributed by atoms with Crippen LogP contribution in [-0.2, 0) is 4.79 Å². The number of amides is 1. The van der Waals surface area contributed by atoms with Gasteiger partial charge in [0.15, 0.2) is 0 Å². The van der Waals surface area contributed by atoms with E-state index in [0.29, 0.717) is 0 Å². The third kappa shape index (κ3) is 3.50. The summed E-state index contributed by atoms with van der Waals surface area (Å²) in [5.74, 6) is -3.45. The van der Waals surface area contributed by atoms with E-state index in [1.807, 2.05) is 0 Å². The smallest absolute Gasteiger partial charge is 0.368 e. The summed E-state index contributed by atoms with van der Waals surface area (Å²) in [5, 5.41) is 0. The number of halogens is 3. The minimum Gasteiger partial charge on any atom is -0.368 e. The number of nitrogens with two attached hydrogens (primary N) is 2. The first-order chi connectivity index (χ1) is 9.09. The molecule has 6 heteroatoms. The van der Waals surface area contributed by atoms with Gasteiger partial charge in [-0.05, 0) is 17.9 Å². The Kier molecular flexibility index (Phi) is 4.81. The minimum atomic E-state index is -4.65. The highest BCUT2D eigenvalue weighted by Crippen LogP contribution is 2.43. The fraction of sp³-hybridized carbons (Fsp3) is 0.500. The van der Waals surface area contributed by atoms with E-state index in [2.05, 4.69) is 0 Å². The number of alkyl halides is 3. The molecule has 0 aliphatic carbocycles. The van der Waals surface area contributed by atoms with Crippen molar-refractivity contribution in [1.82, 2.24) is 0 Å². The van der Waals surface area contributed by atoms with Gasteiger partial charge in [0.05, 0.1) is 0 Å². The van der Waals surface area contributed by atoms with Gasteiger partial charge in [-0.25, -0.2) is 0 Å². The lowest BCUT2D eigenvalue weighted by atomic mass is 9.74. The van der Waals surface area contributed by atoms with Gasteiger partial charge in [-0.1, -0.05) is 44.2 Å². The fourth-order valence-corrected chi connectivity index (χ4v) is 2.46. The third-order valence-corrected chi connectivity index (χ3v) is 3.18. The maximum atomic E-state index is 13.4. The van der Waals surface area contributed by atoms with E-state index in [4.69, 9.17) is 11.5 Å². The zero-order valence-electron chi connectivity index (χ0n) is 11.4. The highest BCUT2D eigenvalue weighted by Gasteiger charge is 2.55. The first kappa shape index (κ1) is 16.5. The molecular weight excluding hydrogens is 269 g/mol. The predicted molar refractivity (Wildman–Crippen MR) is 70.8 cm³/mol. The molecule has 0 saturated carbocycles. The number of primary amides is 1. The average Bonchev–Trinajstić information content (AvgIpc) is 2.27. The molecule has 1 aromatic carbocycles. The summed E-state index contributed by atoms with van der Waals surface area (Å²) in [6.07, 6.45) is -4.79. The Morgan fingerprint density at radius 1 is 1.20 bits per heavy atom. The fourth-order valence-electron chi connectivity index (χ4n) is 2.46. The van der Waals surface area contributed by atoms with Crippen molar-refractivity contribution in [2.24, 2.45) is 17.4 Å². The Labute approximate surface area is 116 Å². The van der Waals surface area contributed by atoms with Crippen LogP contribution in [0.1, 0.15) is 31.7 Å². The number of carbonyl (C=O) groups is 1. The van der Waals surface area contributed by atoms with E-state index in [-0.39, 0.29) is 17.9 Å². The molecule has 1 amide bonds. The SMILES string of the molecule is CC(C)C[C@](N)(C(N)=O)[C@H](c1ccccc1)C(F)(F)F. The summed E-state index contributed by atoms with van der Waals surface area (Å²) in [6, 6.07) is 7.17. The second kappa shape index (κ2) is 5.83. The van der Waals surface area contributed by atoms with E-state index in [1.165, 1.54) is 24.3 Å². The minimum absolute atomic E-state index is 0.0537. The Morgan fingerprint density at radius 2 is 1.70 bits per heavy atom. The monoisotopic (exact) mass is 288 g/mol. The van der Waals surface area contributed by atoms with E-state index in [1.54, 1.807) is 19.9 Å². The molecule has 0 aromatic heterocycles. The first-order valence-electron chi connectivity index (χ1n) is 6.29. The van der Waals surface area contributed by atoms with Crippen molar-refractivity contribution in [1.29, 1.82) is 0 Å². The Balaban J connectivity index is 3.38. The summed E-state index contributed by atoms with van der Waals surface area (Å²) in [4.78, 5) is 11.6. The van der Waals surface area contributed by atoms with Gasteiger partial charge in [-0.2, -0.15) is 13.2 Å². The third-order valence-electron chi connectivity index (χ3n) is 3.18. The van der Waals surface area contributed by atoms with E-state index in [9.17, 15) is 18.0 Å². The van der Waals surface area contributed by atoms with Crippen molar-refractivity contribution in [3.05, 3.63) is 35.9 Å². The standard InChI is InChI=1S/C14H19F3N2O/c1-9(2)8-13(19,12(18)20)11(14(15,16)17)10-6-4-3-5-7-10/h3-7,9,11H,8,19H2,1-2H3,(H2,18,20)/t11-,13+/m0/s1. The van der Waals surface area contributed by atoms with Crippen LogP contribution in [0.25, 0.3) is 0 Å². The summed E-state index contributed by atoms with van der Waals surface area (Å²) >= 11 is 0. The molecule has 0 fully saturated rings. The van der Waals surface area contributed by atoms with Gasteiger partial charge in [0.1, 0.15) is 11.5 Å². The number of benzene rings is 1. The number of rotatable bonds is 5. The highest BCUT2D eigenvalue weighted by molar-refractivity contribution is 5.86. The van der Waals surface area contributed by atoms with Gasteiger partial charge in [0, 0.05) is 0 Å². The molecule has 2 atom stereocenters. The first-order valence-corrected chi connectivity index (χ1v) is 6.29. The summed E-state index contributed by atoms with van der Waals surface area (Å²) in [7, 11) is 0. The van der Waals surface area contributed by atoms with Crippen LogP contribution in [0.5, 0.6) is 0 Å². The molecule has 0 aliphatic rings. The van der Waals surface area contributed by atoms with E-state index < -0.39 is 23.5 Å². The molecule has 1 aromatic rings. The summed E-state index contributed by atoms with van der Waals surface area (Å²) in [6.45, 7) is 3.39. The molecule has 0 spiro atoms. The largest absolute Gasteiger partial charge is 0.398 e. The van der Waals surface area contributed by atoms with Crippen molar-refractivity contribution in [3.8, 4) is 0 Å². The number of carbonyl (C=O) groups excluding carboxylic acids is 1. The normalized spacial score (nSPS) is 16.8. The highest BCUT2D eigenvalue weighted by atomic mass is 19.4. The van der Waals surface area contributed by atoms with Crippen LogP contribution in [0, 0.1) is 5.92 Å². The molecule has 20 heavy (non-hydrogen) atoms. The van der Waals surface area contributed by atoms with Crippen molar-refractivity contribution < 1.29 is 18.0 Å². The molecule has 4 N–H and O–H groups in total. The van der Waals surface area contributed by atoms with Crippen LogP contribution in [0.2, 0.25) is 0 Å².